The van der Waals surface area contributed by atoms with Crippen molar-refractivity contribution in [3.63, 3.8) is 0 Å². The molecule has 0 aliphatic heterocycles. The molecule has 0 aromatic heterocycles. The molecule has 1 unspecified atom stereocenters. The van der Waals surface area contributed by atoms with Gasteiger partial charge in [-0.25, -0.2) is 0 Å². The molecule has 0 saturated heterocycles. The normalized spacial score (nSPS) is 13.6. The molecule has 1 nitrogen and oxygen atoms in total. The lowest BCUT2D eigenvalue weighted by Gasteiger charge is -2.25. The highest BCUT2D eigenvalue weighted by atomic mass is 127. The van der Waals surface area contributed by atoms with Crippen molar-refractivity contribution in [3.05, 3.63) is 31.8 Å². The lowest BCUT2D eigenvalue weighted by atomic mass is 9.87. The second-order valence-electron chi connectivity index (χ2n) is 6.27. The summed E-state index contributed by atoms with van der Waals surface area (Å²) in [5.74, 6) is 0. The van der Waals surface area contributed by atoms with E-state index in [1.54, 1.807) is 0 Å². The van der Waals surface area contributed by atoms with Crippen LogP contribution in [0.15, 0.2) is 22.7 Å². The topological polar surface area (TPSA) is 12.0 Å². The fraction of sp³-hybridized carbons (Fsp3) is 0.625. The molecule has 3 heteroatoms. The van der Waals surface area contributed by atoms with E-state index < -0.39 is 0 Å². The minimum Gasteiger partial charge on any atom is -0.310 e. The lowest BCUT2D eigenvalue weighted by Crippen LogP contribution is -2.24. The molecule has 0 bridgehead atoms. The summed E-state index contributed by atoms with van der Waals surface area (Å²) < 4.78 is 2.52. The van der Waals surface area contributed by atoms with Gasteiger partial charge in [0, 0.05) is 14.1 Å². The minimum atomic E-state index is 0.392. The second-order valence-corrected chi connectivity index (χ2v) is 8.35. The van der Waals surface area contributed by atoms with E-state index in [2.05, 4.69) is 89.7 Å². The van der Waals surface area contributed by atoms with Gasteiger partial charge in [-0.3, -0.25) is 0 Å². The number of hydrogen-bond acceptors (Lipinski definition) is 1. The summed E-state index contributed by atoms with van der Waals surface area (Å²) in [5, 5.41) is 3.70. The van der Waals surface area contributed by atoms with Gasteiger partial charge in [0.15, 0.2) is 0 Å². The molecule has 1 aromatic carbocycles. The predicted molar refractivity (Wildman–Crippen MR) is 96.6 cm³/mol. The highest BCUT2D eigenvalue weighted by Gasteiger charge is 2.18. The van der Waals surface area contributed by atoms with Crippen LogP contribution in [0.25, 0.3) is 0 Å². The van der Waals surface area contributed by atoms with Crippen molar-refractivity contribution < 1.29 is 0 Å². The van der Waals surface area contributed by atoms with E-state index in [-0.39, 0.29) is 0 Å². The number of hydrogen-bond donors (Lipinski definition) is 1. The Kier molecular flexibility index (Phi) is 7.33. The van der Waals surface area contributed by atoms with E-state index in [4.69, 9.17) is 0 Å². The summed E-state index contributed by atoms with van der Waals surface area (Å²) >= 11 is 6.04. The van der Waals surface area contributed by atoms with Crippen molar-refractivity contribution in [2.24, 2.45) is 5.41 Å². The number of benzene rings is 1. The van der Waals surface area contributed by atoms with Crippen LogP contribution in [0.1, 0.15) is 58.6 Å². The Morgan fingerprint density at radius 2 is 2.00 bits per heavy atom. The third kappa shape index (κ3) is 6.58. The zero-order chi connectivity index (χ0) is 14.5. The first kappa shape index (κ1) is 17.4. The summed E-state index contributed by atoms with van der Waals surface area (Å²) in [6.45, 7) is 10.2. The van der Waals surface area contributed by atoms with Gasteiger partial charge in [0.2, 0.25) is 0 Å². The van der Waals surface area contributed by atoms with Crippen molar-refractivity contribution in [2.45, 2.75) is 53.0 Å². The van der Waals surface area contributed by atoms with Gasteiger partial charge in [0.05, 0.1) is 0 Å². The molecule has 1 rings (SSSR count). The third-order valence-electron chi connectivity index (χ3n) is 3.16. The molecule has 1 aromatic rings. The Morgan fingerprint density at radius 1 is 1.32 bits per heavy atom. The summed E-state index contributed by atoms with van der Waals surface area (Å²) in [7, 11) is 0. The van der Waals surface area contributed by atoms with Gasteiger partial charge in [-0.15, -0.1) is 0 Å². The van der Waals surface area contributed by atoms with Crippen molar-refractivity contribution in [1.29, 1.82) is 0 Å². The monoisotopic (exact) mass is 437 g/mol. The summed E-state index contributed by atoms with van der Waals surface area (Å²) in [4.78, 5) is 0. The van der Waals surface area contributed by atoms with Crippen LogP contribution < -0.4 is 5.32 Å². The molecule has 1 atom stereocenters. The Labute approximate surface area is 140 Å². The van der Waals surface area contributed by atoms with Crippen LogP contribution >= 0.6 is 38.5 Å². The number of nitrogens with one attached hydrogen (secondary N) is 1. The van der Waals surface area contributed by atoms with E-state index in [1.165, 1.54) is 32.9 Å². The van der Waals surface area contributed by atoms with Crippen LogP contribution in [0, 0.1) is 8.99 Å². The second kappa shape index (κ2) is 7.99. The molecule has 0 amide bonds. The highest BCUT2D eigenvalue weighted by molar-refractivity contribution is 14.1. The molecular formula is C16H25BrIN. The molecule has 0 saturated carbocycles. The van der Waals surface area contributed by atoms with Gasteiger partial charge in [0.1, 0.15) is 0 Å². The van der Waals surface area contributed by atoms with E-state index in [0.29, 0.717) is 11.5 Å². The first-order chi connectivity index (χ1) is 8.83. The molecule has 0 radical (unpaired) electrons. The Morgan fingerprint density at radius 3 is 2.58 bits per heavy atom. The fourth-order valence-corrected chi connectivity index (χ4v) is 3.14. The van der Waals surface area contributed by atoms with Gasteiger partial charge in [0.25, 0.3) is 0 Å². The number of halogens is 2. The summed E-state index contributed by atoms with van der Waals surface area (Å²) in [5.41, 5.74) is 1.82. The van der Waals surface area contributed by atoms with Crippen LogP contribution in [0.4, 0.5) is 0 Å². The molecule has 19 heavy (non-hydrogen) atoms. The maximum Gasteiger partial charge on any atom is 0.0331 e. The van der Waals surface area contributed by atoms with Gasteiger partial charge >= 0.3 is 0 Å². The van der Waals surface area contributed by atoms with Crippen LogP contribution in [0.3, 0.4) is 0 Å². The average Bonchev–Trinajstić information content (AvgIpc) is 2.32. The van der Waals surface area contributed by atoms with Crippen LogP contribution in [0.2, 0.25) is 0 Å². The van der Waals surface area contributed by atoms with E-state index in [1.807, 2.05) is 0 Å². The molecule has 108 valence electrons. The quantitative estimate of drug-likeness (QED) is 0.544. The van der Waals surface area contributed by atoms with E-state index >= 15 is 0 Å². The largest absolute Gasteiger partial charge is 0.310 e. The van der Waals surface area contributed by atoms with Gasteiger partial charge < -0.3 is 5.32 Å². The standard InChI is InChI=1S/C16H25BrIN/c1-5-10-19-15(8-9-16(2,3)4)13-11-12(17)6-7-14(13)18/h6-7,11,15,19H,5,8-10H2,1-4H3. The first-order valence-corrected chi connectivity index (χ1v) is 8.89. The first-order valence-electron chi connectivity index (χ1n) is 7.02. The van der Waals surface area contributed by atoms with Crippen LogP contribution in [-0.4, -0.2) is 6.54 Å². The summed E-state index contributed by atoms with van der Waals surface area (Å²) in [6.07, 6.45) is 3.60. The van der Waals surface area contributed by atoms with E-state index in [0.717, 1.165) is 6.54 Å². The Hall–Kier alpha value is 0.390. The maximum absolute atomic E-state index is 3.70. The zero-order valence-corrected chi connectivity index (χ0v) is 16.1. The van der Waals surface area contributed by atoms with Crippen LogP contribution in [-0.2, 0) is 0 Å². The van der Waals surface area contributed by atoms with Crippen molar-refractivity contribution in [3.8, 4) is 0 Å². The highest BCUT2D eigenvalue weighted by Crippen LogP contribution is 2.31. The zero-order valence-electron chi connectivity index (χ0n) is 12.4. The van der Waals surface area contributed by atoms with Crippen molar-refractivity contribution in [2.75, 3.05) is 6.54 Å². The van der Waals surface area contributed by atoms with Gasteiger partial charge in [-0.1, -0.05) is 43.6 Å². The molecule has 1 N–H and O–H groups in total. The molecule has 0 fully saturated rings. The van der Waals surface area contributed by atoms with Crippen LogP contribution in [0.5, 0.6) is 0 Å². The smallest absolute Gasteiger partial charge is 0.0331 e. The molecule has 0 aliphatic rings. The predicted octanol–water partition coefficient (Wildman–Crippen LogP) is 5.92. The summed E-state index contributed by atoms with van der Waals surface area (Å²) in [6, 6.07) is 7.03. The average molecular weight is 438 g/mol. The maximum atomic E-state index is 3.70. The Bertz CT molecular complexity index is 398. The lowest BCUT2D eigenvalue weighted by molar-refractivity contribution is 0.331. The van der Waals surface area contributed by atoms with Gasteiger partial charge in [-0.05, 0) is 77.6 Å². The third-order valence-corrected chi connectivity index (χ3v) is 4.63. The van der Waals surface area contributed by atoms with Crippen molar-refractivity contribution in [1.82, 2.24) is 5.32 Å². The number of rotatable bonds is 6. The Balaban J connectivity index is 2.85. The molecule has 0 spiro atoms. The van der Waals surface area contributed by atoms with E-state index in [9.17, 15) is 0 Å². The molecular weight excluding hydrogens is 413 g/mol. The fourth-order valence-electron chi connectivity index (χ4n) is 2.05. The molecule has 0 aliphatic carbocycles. The molecule has 0 heterocycles. The SMILES string of the molecule is CCCNC(CCC(C)(C)C)c1cc(Br)ccc1I. The minimum absolute atomic E-state index is 0.392. The van der Waals surface area contributed by atoms with Gasteiger partial charge in [-0.2, -0.15) is 0 Å². The van der Waals surface area contributed by atoms with Crippen molar-refractivity contribution >= 4 is 38.5 Å².